The van der Waals surface area contributed by atoms with E-state index in [-0.39, 0.29) is 5.88 Å². The van der Waals surface area contributed by atoms with Gasteiger partial charge in [0.15, 0.2) is 0 Å². The second-order valence-corrected chi connectivity index (χ2v) is 4.28. The normalized spacial score (nSPS) is 12.1. The topological polar surface area (TPSA) is 44.7 Å². The van der Waals surface area contributed by atoms with Crippen LogP contribution in [0.25, 0.3) is 0 Å². The Hall–Kier alpha value is -1.13. The monoisotopic (exact) mass is 258 g/mol. The molecule has 5 heteroatoms. The van der Waals surface area contributed by atoms with Crippen LogP contribution in [0, 0.1) is 0 Å². The van der Waals surface area contributed by atoms with Crippen molar-refractivity contribution in [2.24, 2.45) is 0 Å². The fourth-order valence-corrected chi connectivity index (χ4v) is 1.50. The summed E-state index contributed by atoms with van der Waals surface area (Å²) < 4.78 is 5.30. The van der Waals surface area contributed by atoms with E-state index in [1.807, 2.05) is 37.2 Å². The van der Waals surface area contributed by atoms with Crippen LogP contribution in [0.15, 0.2) is 18.2 Å². The Bertz CT molecular complexity index is 358. The minimum Gasteiger partial charge on any atom is -0.495 e. The summed E-state index contributed by atoms with van der Waals surface area (Å²) in [5, 5.41) is 12.5. The first-order valence-corrected chi connectivity index (χ1v) is 5.95. The van der Waals surface area contributed by atoms with Crippen molar-refractivity contribution < 1.29 is 9.84 Å². The minimum absolute atomic E-state index is 0.213. The molecular formula is C12H19ClN2O2. The highest BCUT2D eigenvalue weighted by Gasteiger charge is 2.07. The van der Waals surface area contributed by atoms with E-state index in [0.717, 1.165) is 17.1 Å². The third-order valence-corrected chi connectivity index (χ3v) is 2.76. The maximum atomic E-state index is 9.38. The van der Waals surface area contributed by atoms with Gasteiger partial charge in [-0.05, 0) is 12.1 Å². The second kappa shape index (κ2) is 6.57. The predicted octanol–water partition coefficient (Wildman–Crippen LogP) is 1.77. The average Bonchev–Trinajstić information content (AvgIpc) is 2.35. The second-order valence-electron chi connectivity index (χ2n) is 3.97. The van der Waals surface area contributed by atoms with E-state index in [2.05, 4.69) is 5.32 Å². The van der Waals surface area contributed by atoms with Crippen molar-refractivity contribution in [3.63, 3.8) is 0 Å². The van der Waals surface area contributed by atoms with Crippen LogP contribution in [0.3, 0.4) is 0 Å². The number of hydrogen-bond donors (Lipinski definition) is 2. The molecule has 1 aromatic carbocycles. The number of aliphatic hydroxyl groups is 1. The number of hydrogen-bond acceptors (Lipinski definition) is 4. The summed E-state index contributed by atoms with van der Waals surface area (Å²) in [5.74, 6) is 0.962. The molecule has 0 heterocycles. The number of benzene rings is 1. The number of anilines is 2. The Kier molecular flexibility index (Phi) is 5.38. The van der Waals surface area contributed by atoms with Gasteiger partial charge in [-0.25, -0.2) is 0 Å². The minimum atomic E-state index is -0.560. The van der Waals surface area contributed by atoms with Gasteiger partial charge in [-0.1, -0.05) is 0 Å². The lowest BCUT2D eigenvalue weighted by Gasteiger charge is -2.17. The van der Waals surface area contributed by atoms with Gasteiger partial charge in [0.1, 0.15) is 5.75 Å². The van der Waals surface area contributed by atoms with Crippen LogP contribution in [-0.2, 0) is 0 Å². The third kappa shape index (κ3) is 3.98. The van der Waals surface area contributed by atoms with Crippen LogP contribution < -0.4 is 15.0 Å². The number of halogens is 1. The number of aliphatic hydroxyl groups excluding tert-OH is 1. The van der Waals surface area contributed by atoms with E-state index in [1.54, 1.807) is 7.11 Å². The largest absolute Gasteiger partial charge is 0.495 e. The van der Waals surface area contributed by atoms with Gasteiger partial charge in [0, 0.05) is 32.4 Å². The molecule has 0 saturated carbocycles. The summed E-state index contributed by atoms with van der Waals surface area (Å²) in [5.41, 5.74) is 1.91. The first-order chi connectivity index (χ1) is 8.08. The molecule has 0 fully saturated rings. The average molecular weight is 259 g/mol. The molecule has 0 aromatic heterocycles. The molecule has 2 N–H and O–H groups in total. The fourth-order valence-electron chi connectivity index (χ4n) is 1.39. The quantitative estimate of drug-likeness (QED) is 0.764. The Morgan fingerprint density at radius 1 is 1.47 bits per heavy atom. The summed E-state index contributed by atoms with van der Waals surface area (Å²) in [4.78, 5) is 2.00. The van der Waals surface area contributed by atoms with E-state index >= 15 is 0 Å². The number of rotatable bonds is 6. The van der Waals surface area contributed by atoms with Gasteiger partial charge in [0.25, 0.3) is 0 Å². The summed E-state index contributed by atoms with van der Waals surface area (Å²) >= 11 is 5.53. The maximum Gasteiger partial charge on any atom is 0.144 e. The third-order valence-electron chi connectivity index (χ3n) is 2.41. The molecule has 0 aliphatic rings. The fraction of sp³-hybridized carbons (Fsp3) is 0.500. The van der Waals surface area contributed by atoms with E-state index < -0.39 is 6.10 Å². The van der Waals surface area contributed by atoms with Crippen LogP contribution in [0.5, 0.6) is 5.75 Å². The van der Waals surface area contributed by atoms with Crippen molar-refractivity contribution in [1.29, 1.82) is 0 Å². The molecule has 0 aliphatic heterocycles. The molecule has 1 aromatic rings. The van der Waals surface area contributed by atoms with Gasteiger partial charge in [-0.2, -0.15) is 0 Å². The van der Waals surface area contributed by atoms with Gasteiger partial charge < -0.3 is 20.1 Å². The Morgan fingerprint density at radius 3 is 2.71 bits per heavy atom. The number of nitrogens with zero attached hydrogens (tertiary/aromatic N) is 1. The highest BCUT2D eigenvalue weighted by molar-refractivity contribution is 6.18. The van der Waals surface area contributed by atoms with Gasteiger partial charge in [0.05, 0.1) is 24.8 Å². The molecule has 0 bridgehead atoms. The number of ether oxygens (including phenoxy) is 1. The Morgan fingerprint density at radius 2 is 2.18 bits per heavy atom. The number of methoxy groups -OCH3 is 1. The molecular weight excluding hydrogens is 240 g/mol. The van der Waals surface area contributed by atoms with Crippen LogP contribution >= 0.6 is 11.6 Å². The lowest BCUT2D eigenvalue weighted by molar-refractivity contribution is 0.211. The molecule has 17 heavy (non-hydrogen) atoms. The van der Waals surface area contributed by atoms with Crippen molar-refractivity contribution in [3.8, 4) is 5.75 Å². The molecule has 0 saturated heterocycles. The van der Waals surface area contributed by atoms with Crippen molar-refractivity contribution in [3.05, 3.63) is 18.2 Å². The van der Waals surface area contributed by atoms with Crippen molar-refractivity contribution >= 4 is 23.0 Å². The standard InChI is InChI=1S/C12H19ClN2O2/c1-15(2)9-4-5-11(12(6-9)17-3)14-8-10(16)7-13/h4-6,10,14,16H,7-8H2,1-3H3. The summed E-state index contributed by atoms with van der Waals surface area (Å²) in [7, 11) is 5.57. The molecule has 1 atom stereocenters. The summed E-state index contributed by atoms with van der Waals surface area (Å²) in [6.07, 6.45) is -0.560. The first-order valence-electron chi connectivity index (χ1n) is 5.41. The van der Waals surface area contributed by atoms with Crippen LogP contribution in [0.4, 0.5) is 11.4 Å². The van der Waals surface area contributed by atoms with Gasteiger partial charge >= 0.3 is 0 Å². The van der Waals surface area contributed by atoms with E-state index in [0.29, 0.717) is 6.54 Å². The molecule has 0 spiro atoms. The number of alkyl halides is 1. The highest BCUT2D eigenvalue weighted by Crippen LogP contribution is 2.28. The van der Waals surface area contributed by atoms with Crippen molar-refractivity contribution in [1.82, 2.24) is 0 Å². The SMILES string of the molecule is COc1cc(N(C)C)ccc1NCC(O)CCl. The lowest BCUT2D eigenvalue weighted by atomic mass is 10.2. The molecule has 1 rings (SSSR count). The predicted molar refractivity (Wildman–Crippen MR) is 72.5 cm³/mol. The molecule has 4 nitrogen and oxygen atoms in total. The van der Waals surface area contributed by atoms with E-state index in [1.165, 1.54) is 0 Å². The zero-order valence-electron chi connectivity index (χ0n) is 10.4. The van der Waals surface area contributed by atoms with E-state index in [4.69, 9.17) is 16.3 Å². The zero-order valence-corrected chi connectivity index (χ0v) is 11.2. The van der Waals surface area contributed by atoms with Gasteiger partial charge in [0.2, 0.25) is 0 Å². The highest BCUT2D eigenvalue weighted by atomic mass is 35.5. The lowest BCUT2D eigenvalue weighted by Crippen LogP contribution is -2.21. The smallest absolute Gasteiger partial charge is 0.144 e. The van der Waals surface area contributed by atoms with Crippen LogP contribution in [0.2, 0.25) is 0 Å². The molecule has 1 unspecified atom stereocenters. The van der Waals surface area contributed by atoms with Gasteiger partial charge in [-0.15, -0.1) is 11.6 Å². The summed E-state index contributed by atoms with van der Waals surface area (Å²) in [6, 6.07) is 5.85. The molecule has 0 amide bonds. The van der Waals surface area contributed by atoms with Crippen molar-refractivity contribution in [2.45, 2.75) is 6.10 Å². The maximum absolute atomic E-state index is 9.38. The zero-order chi connectivity index (χ0) is 12.8. The van der Waals surface area contributed by atoms with Gasteiger partial charge in [-0.3, -0.25) is 0 Å². The van der Waals surface area contributed by atoms with Crippen LogP contribution in [-0.4, -0.2) is 44.8 Å². The number of nitrogens with one attached hydrogen (secondary N) is 1. The molecule has 96 valence electrons. The van der Waals surface area contributed by atoms with Crippen molar-refractivity contribution in [2.75, 3.05) is 43.8 Å². The Labute approximate surface area is 107 Å². The van der Waals surface area contributed by atoms with Crippen LogP contribution in [0.1, 0.15) is 0 Å². The first kappa shape index (κ1) is 13.9. The molecule has 0 aliphatic carbocycles. The summed E-state index contributed by atoms with van der Waals surface area (Å²) in [6.45, 7) is 0.404. The molecule has 0 radical (unpaired) electrons. The van der Waals surface area contributed by atoms with E-state index in [9.17, 15) is 5.11 Å². The Balaban J connectivity index is 2.78.